The van der Waals surface area contributed by atoms with E-state index in [1.54, 1.807) is 49.5 Å². The molecule has 2 aromatic rings. The molecule has 1 heterocycles. The Bertz CT molecular complexity index is 582. The number of hydrogen-bond donors (Lipinski definition) is 1. The van der Waals surface area contributed by atoms with Crippen molar-refractivity contribution in [3.8, 4) is 5.75 Å². The molecule has 0 bridgehead atoms. The minimum absolute atomic E-state index is 0.114. The smallest absolute Gasteiger partial charge is 0.254 e. The molecule has 4 heteroatoms. The van der Waals surface area contributed by atoms with Crippen LogP contribution in [0.5, 0.6) is 5.75 Å². The van der Waals surface area contributed by atoms with Crippen LogP contribution in [0.15, 0.2) is 42.7 Å². The maximum Gasteiger partial charge on any atom is 0.254 e. The molecular weight excluding hydrogens is 240 g/mol. The number of nitrogens with zero attached hydrogens (tertiary/aromatic N) is 2. The summed E-state index contributed by atoms with van der Waals surface area (Å²) in [4.78, 5) is 17.9. The van der Waals surface area contributed by atoms with Gasteiger partial charge < -0.3 is 10.0 Å². The van der Waals surface area contributed by atoms with Gasteiger partial charge in [0.05, 0.1) is 0 Å². The molecule has 1 N–H and O–H groups in total. The van der Waals surface area contributed by atoms with Gasteiger partial charge in [-0.25, -0.2) is 0 Å². The van der Waals surface area contributed by atoms with Gasteiger partial charge in [0.15, 0.2) is 0 Å². The lowest BCUT2D eigenvalue weighted by Gasteiger charge is -2.18. The third-order valence-electron chi connectivity index (χ3n) is 3.02. The average molecular weight is 256 g/mol. The number of aromatic hydroxyl groups is 1. The normalized spacial score (nSPS) is 10.2. The van der Waals surface area contributed by atoms with E-state index in [-0.39, 0.29) is 11.7 Å². The molecule has 0 saturated carbocycles. The highest BCUT2D eigenvalue weighted by Crippen LogP contribution is 2.21. The minimum Gasteiger partial charge on any atom is -0.508 e. The lowest BCUT2D eigenvalue weighted by atomic mass is 10.1. The molecule has 1 aromatic heterocycles. The first-order chi connectivity index (χ1) is 9.09. The fraction of sp³-hybridized carbons (Fsp3) is 0.200. The Morgan fingerprint density at radius 3 is 2.79 bits per heavy atom. The lowest BCUT2D eigenvalue weighted by Crippen LogP contribution is -2.26. The summed E-state index contributed by atoms with van der Waals surface area (Å²) < 4.78 is 0. The average Bonchev–Trinajstić information content (AvgIpc) is 2.42. The lowest BCUT2D eigenvalue weighted by molar-refractivity contribution is 0.0784. The summed E-state index contributed by atoms with van der Waals surface area (Å²) >= 11 is 0. The van der Waals surface area contributed by atoms with Gasteiger partial charge in [-0.05, 0) is 30.7 Å². The van der Waals surface area contributed by atoms with E-state index in [0.29, 0.717) is 17.7 Å². The third kappa shape index (κ3) is 2.91. The standard InChI is InChI=1S/C15H16N2O2/c1-11-13(6-3-7-14(11)18)15(19)17(2)10-12-5-4-8-16-9-12/h3-9,18H,10H2,1-2H3. The number of carbonyl (C=O) groups is 1. The second kappa shape index (κ2) is 5.52. The summed E-state index contributed by atoms with van der Waals surface area (Å²) in [6.45, 7) is 2.22. The maximum atomic E-state index is 12.3. The van der Waals surface area contributed by atoms with Crippen molar-refractivity contribution in [1.82, 2.24) is 9.88 Å². The first kappa shape index (κ1) is 13.1. The number of rotatable bonds is 3. The minimum atomic E-state index is -0.114. The van der Waals surface area contributed by atoms with E-state index in [0.717, 1.165) is 5.56 Å². The van der Waals surface area contributed by atoms with Crippen LogP contribution in [0.1, 0.15) is 21.5 Å². The molecule has 0 aliphatic carbocycles. The zero-order valence-electron chi connectivity index (χ0n) is 11.0. The fourth-order valence-corrected chi connectivity index (χ4v) is 1.90. The second-order valence-electron chi connectivity index (χ2n) is 4.47. The Morgan fingerprint density at radius 2 is 2.11 bits per heavy atom. The quantitative estimate of drug-likeness (QED) is 0.917. The molecule has 0 unspecified atom stereocenters. The molecule has 1 amide bonds. The predicted molar refractivity (Wildman–Crippen MR) is 72.9 cm³/mol. The Labute approximate surface area is 112 Å². The van der Waals surface area contributed by atoms with Crippen molar-refractivity contribution in [2.75, 3.05) is 7.05 Å². The molecule has 98 valence electrons. The summed E-state index contributed by atoms with van der Waals surface area (Å²) in [7, 11) is 1.73. The van der Waals surface area contributed by atoms with Gasteiger partial charge in [0.1, 0.15) is 5.75 Å². The Kier molecular flexibility index (Phi) is 3.80. The zero-order chi connectivity index (χ0) is 13.8. The van der Waals surface area contributed by atoms with Crippen LogP contribution in [0, 0.1) is 6.92 Å². The SMILES string of the molecule is Cc1c(O)cccc1C(=O)N(C)Cc1cccnc1. The highest BCUT2D eigenvalue weighted by Gasteiger charge is 2.15. The van der Waals surface area contributed by atoms with Crippen molar-refractivity contribution in [1.29, 1.82) is 0 Å². The number of hydrogen-bond acceptors (Lipinski definition) is 3. The summed E-state index contributed by atoms with van der Waals surface area (Å²) in [6.07, 6.45) is 3.43. The number of pyridine rings is 1. The van der Waals surface area contributed by atoms with Gasteiger partial charge in [0.25, 0.3) is 5.91 Å². The van der Waals surface area contributed by atoms with Crippen LogP contribution in [0.25, 0.3) is 0 Å². The van der Waals surface area contributed by atoms with Crippen LogP contribution in [-0.2, 0) is 6.54 Å². The predicted octanol–water partition coefficient (Wildman–Crippen LogP) is 2.37. The number of benzene rings is 1. The molecule has 0 aliphatic heterocycles. The highest BCUT2D eigenvalue weighted by atomic mass is 16.3. The van der Waals surface area contributed by atoms with Crippen LogP contribution >= 0.6 is 0 Å². The van der Waals surface area contributed by atoms with E-state index < -0.39 is 0 Å². The largest absolute Gasteiger partial charge is 0.508 e. The first-order valence-corrected chi connectivity index (χ1v) is 6.02. The number of aromatic nitrogens is 1. The molecule has 1 aromatic carbocycles. The summed E-state index contributed by atoms with van der Waals surface area (Å²) in [5.41, 5.74) is 2.09. The van der Waals surface area contributed by atoms with Gasteiger partial charge in [-0.2, -0.15) is 0 Å². The maximum absolute atomic E-state index is 12.3. The molecule has 2 rings (SSSR count). The number of carbonyl (C=O) groups excluding carboxylic acids is 1. The van der Waals surface area contributed by atoms with Crippen LogP contribution < -0.4 is 0 Å². The third-order valence-corrected chi connectivity index (χ3v) is 3.02. The Balaban J connectivity index is 2.18. The first-order valence-electron chi connectivity index (χ1n) is 6.02. The van der Waals surface area contributed by atoms with Gasteiger partial charge >= 0.3 is 0 Å². The molecule has 0 aliphatic rings. The summed E-state index contributed by atoms with van der Waals surface area (Å²) in [5.74, 6) is 0.0258. The van der Waals surface area contributed by atoms with E-state index in [2.05, 4.69) is 4.98 Å². The zero-order valence-corrected chi connectivity index (χ0v) is 11.0. The van der Waals surface area contributed by atoms with Crippen molar-refractivity contribution < 1.29 is 9.90 Å². The van der Waals surface area contributed by atoms with Crippen LogP contribution in [0.4, 0.5) is 0 Å². The summed E-state index contributed by atoms with van der Waals surface area (Å²) in [6, 6.07) is 8.73. The number of phenols is 1. The number of phenolic OH excluding ortho intramolecular Hbond substituents is 1. The number of amides is 1. The molecular formula is C15H16N2O2. The van der Waals surface area contributed by atoms with Crippen molar-refractivity contribution in [3.05, 3.63) is 59.4 Å². The molecule has 4 nitrogen and oxygen atoms in total. The molecule has 19 heavy (non-hydrogen) atoms. The molecule has 0 atom stereocenters. The fourth-order valence-electron chi connectivity index (χ4n) is 1.90. The van der Waals surface area contributed by atoms with Crippen LogP contribution in [0.3, 0.4) is 0 Å². The van der Waals surface area contributed by atoms with Gasteiger partial charge in [-0.1, -0.05) is 12.1 Å². The van der Waals surface area contributed by atoms with E-state index in [4.69, 9.17) is 0 Å². The monoisotopic (exact) mass is 256 g/mol. The van der Waals surface area contributed by atoms with E-state index in [1.165, 1.54) is 0 Å². The van der Waals surface area contributed by atoms with E-state index in [9.17, 15) is 9.90 Å². The Morgan fingerprint density at radius 1 is 1.32 bits per heavy atom. The topological polar surface area (TPSA) is 53.4 Å². The van der Waals surface area contributed by atoms with Gasteiger partial charge in [0.2, 0.25) is 0 Å². The summed E-state index contributed by atoms with van der Waals surface area (Å²) in [5, 5.41) is 9.64. The van der Waals surface area contributed by atoms with Gasteiger partial charge in [-0.15, -0.1) is 0 Å². The van der Waals surface area contributed by atoms with Crippen LogP contribution in [0.2, 0.25) is 0 Å². The van der Waals surface area contributed by atoms with Crippen molar-refractivity contribution in [2.45, 2.75) is 13.5 Å². The van der Waals surface area contributed by atoms with Crippen molar-refractivity contribution in [3.63, 3.8) is 0 Å². The molecule has 0 spiro atoms. The van der Waals surface area contributed by atoms with Gasteiger partial charge in [-0.3, -0.25) is 9.78 Å². The second-order valence-corrected chi connectivity index (χ2v) is 4.47. The van der Waals surface area contributed by atoms with E-state index in [1.807, 2.05) is 12.1 Å². The molecule has 0 fully saturated rings. The highest BCUT2D eigenvalue weighted by molar-refractivity contribution is 5.96. The van der Waals surface area contributed by atoms with Gasteiger partial charge in [0, 0.05) is 37.1 Å². The molecule has 0 radical (unpaired) electrons. The van der Waals surface area contributed by atoms with E-state index >= 15 is 0 Å². The molecule has 0 saturated heterocycles. The van der Waals surface area contributed by atoms with Crippen LogP contribution in [-0.4, -0.2) is 27.9 Å². The Hall–Kier alpha value is -2.36. The van der Waals surface area contributed by atoms with Crippen molar-refractivity contribution >= 4 is 5.91 Å². The van der Waals surface area contributed by atoms with Crippen molar-refractivity contribution in [2.24, 2.45) is 0 Å².